The predicted octanol–water partition coefficient (Wildman–Crippen LogP) is 4.60. The third-order valence-corrected chi connectivity index (χ3v) is 3.82. The zero-order valence-corrected chi connectivity index (χ0v) is 12.7. The van der Waals surface area contributed by atoms with Crippen LogP contribution in [0.4, 0.5) is 11.4 Å². The van der Waals surface area contributed by atoms with Crippen LogP contribution in [0.25, 0.3) is 10.9 Å². The van der Waals surface area contributed by atoms with Crippen LogP contribution in [0, 0.1) is 13.8 Å². The van der Waals surface area contributed by atoms with Crippen molar-refractivity contribution in [1.29, 1.82) is 0 Å². The lowest BCUT2D eigenvalue weighted by atomic mass is 10.1. The van der Waals surface area contributed by atoms with Crippen LogP contribution < -0.4 is 0 Å². The molecule has 6 heteroatoms. The van der Waals surface area contributed by atoms with Crippen molar-refractivity contribution >= 4 is 28.2 Å². The summed E-state index contributed by atoms with van der Waals surface area (Å²) in [6.45, 7) is 3.95. The zero-order valence-electron chi connectivity index (χ0n) is 12.7. The number of H-pyrrole nitrogens is 1. The Labute approximate surface area is 132 Å². The van der Waals surface area contributed by atoms with Gasteiger partial charge in [0.25, 0.3) is 0 Å². The van der Waals surface area contributed by atoms with Crippen LogP contribution in [0.3, 0.4) is 0 Å². The van der Waals surface area contributed by atoms with Gasteiger partial charge >= 0.3 is 5.97 Å². The van der Waals surface area contributed by atoms with E-state index in [1.54, 1.807) is 12.1 Å². The first-order valence-electron chi connectivity index (χ1n) is 7.03. The fourth-order valence-corrected chi connectivity index (χ4v) is 2.39. The van der Waals surface area contributed by atoms with E-state index in [1.165, 1.54) is 12.1 Å². The molecule has 0 aliphatic rings. The summed E-state index contributed by atoms with van der Waals surface area (Å²) in [7, 11) is 0. The number of aromatic carboxylic acids is 1. The summed E-state index contributed by atoms with van der Waals surface area (Å²) < 4.78 is 0. The van der Waals surface area contributed by atoms with Gasteiger partial charge in [-0.3, -0.25) is 0 Å². The van der Waals surface area contributed by atoms with Crippen LogP contribution in [0.15, 0.2) is 46.6 Å². The second kappa shape index (κ2) is 5.57. The highest BCUT2D eigenvalue weighted by molar-refractivity contribution is 5.96. The van der Waals surface area contributed by atoms with Gasteiger partial charge in [0.1, 0.15) is 0 Å². The van der Waals surface area contributed by atoms with E-state index >= 15 is 0 Å². The molecule has 0 aliphatic heterocycles. The van der Waals surface area contributed by atoms with Gasteiger partial charge in [-0.1, -0.05) is 18.2 Å². The van der Waals surface area contributed by atoms with Crippen molar-refractivity contribution in [3.63, 3.8) is 0 Å². The number of carboxylic acids is 1. The van der Waals surface area contributed by atoms with Crippen LogP contribution >= 0.6 is 0 Å². The maximum Gasteiger partial charge on any atom is 0.335 e. The Bertz CT molecular complexity index is 942. The number of nitrogens with one attached hydrogen (secondary N) is 1. The number of benzene rings is 2. The number of aromatic amines is 1. The van der Waals surface area contributed by atoms with Gasteiger partial charge in [0, 0.05) is 5.39 Å². The van der Waals surface area contributed by atoms with Crippen LogP contribution in [0.5, 0.6) is 5.88 Å². The van der Waals surface area contributed by atoms with Crippen molar-refractivity contribution in [1.82, 2.24) is 4.98 Å². The lowest BCUT2D eigenvalue weighted by molar-refractivity contribution is 0.0697. The number of carbonyl (C=O) groups is 1. The molecule has 0 fully saturated rings. The van der Waals surface area contributed by atoms with Crippen LogP contribution in [0.1, 0.15) is 21.5 Å². The number of aromatic nitrogens is 1. The first kappa shape index (κ1) is 14.8. The highest BCUT2D eigenvalue weighted by atomic mass is 16.4. The third-order valence-electron chi connectivity index (χ3n) is 3.82. The molecule has 1 aromatic heterocycles. The molecular weight excluding hydrogens is 294 g/mol. The molecule has 2 aromatic carbocycles. The van der Waals surface area contributed by atoms with Crippen LogP contribution in [-0.2, 0) is 0 Å². The quantitative estimate of drug-likeness (QED) is 0.616. The number of hydrogen-bond acceptors (Lipinski definition) is 4. The predicted molar refractivity (Wildman–Crippen MR) is 87.0 cm³/mol. The Balaban J connectivity index is 2.05. The first-order valence-corrected chi connectivity index (χ1v) is 7.03. The van der Waals surface area contributed by atoms with E-state index in [4.69, 9.17) is 5.11 Å². The van der Waals surface area contributed by atoms with Gasteiger partial charge in [-0.25, -0.2) is 4.79 Å². The number of nitrogens with zero attached hydrogens (tertiary/aromatic N) is 2. The fraction of sp³-hybridized carbons (Fsp3) is 0.118. The summed E-state index contributed by atoms with van der Waals surface area (Å²) in [4.78, 5) is 13.9. The average molecular weight is 309 g/mol. The summed E-state index contributed by atoms with van der Waals surface area (Å²) in [6, 6.07) is 9.98. The van der Waals surface area contributed by atoms with E-state index in [0.717, 1.165) is 22.0 Å². The van der Waals surface area contributed by atoms with Gasteiger partial charge in [0.2, 0.25) is 5.88 Å². The lowest BCUT2D eigenvalue weighted by Crippen LogP contribution is -1.94. The molecule has 0 bridgehead atoms. The Hall–Kier alpha value is -3.15. The number of aromatic hydroxyl groups is 1. The Kier molecular flexibility index (Phi) is 3.57. The van der Waals surface area contributed by atoms with E-state index in [9.17, 15) is 9.90 Å². The van der Waals surface area contributed by atoms with Gasteiger partial charge in [-0.2, -0.15) is 5.11 Å². The molecule has 0 aliphatic carbocycles. The first-order chi connectivity index (χ1) is 11.0. The number of fused-ring (bicyclic) bond motifs is 1. The highest BCUT2D eigenvalue weighted by Gasteiger charge is 2.13. The molecule has 1 heterocycles. The van der Waals surface area contributed by atoms with Crippen molar-refractivity contribution < 1.29 is 15.0 Å². The molecule has 0 radical (unpaired) electrons. The topological polar surface area (TPSA) is 98.0 Å². The molecule has 6 nitrogen and oxygen atoms in total. The zero-order chi connectivity index (χ0) is 16.6. The number of azo groups is 1. The molecule has 0 unspecified atom stereocenters. The molecule has 0 atom stereocenters. The molecule has 0 amide bonds. The normalized spacial score (nSPS) is 11.4. The molecule has 116 valence electrons. The molecule has 0 saturated heterocycles. The number of rotatable bonds is 3. The largest absolute Gasteiger partial charge is 0.493 e. The van der Waals surface area contributed by atoms with Crippen molar-refractivity contribution in [2.75, 3.05) is 0 Å². The van der Waals surface area contributed by atoms with E-state index in [1.807, 2.05) is 26.0 Å². The maximum atomic E-state index is 11.0. The SMILES string of the molecule is Cc1ccc2c(N=Nc3cccc(C(=O)O)c3)c(O)[nH]c2c1C. The number of aryl methyl sites for hydroxylation is 2. The van der Waals surface area contributed by atoms with E-state index in [2.05, 4.69) is 15.2 Å². The maximum absolute atomic E-state index is 11.0. The third kappa shape index (κ3) is 2.66. The Morgan fingerprint density at radius 3 is 2.65 bits per heavy atom. The summed E-state index contributed by atoms with van der Waals surface area (Å²) >= 11 is 0. The second-order valence-electron chi connectivity index (χ2n) is 5.31. The molecule has 0 spiro atoms. The highest BCUT2D eigenvalue weighted by Crippen LogP contribution is 2.38. The van der Waals surface area contributed by atoms with Gasteiger partial charge in [0.15, 0.2) is 5.69 Å². The number of carboxylic acid groups (broad SMARTS) is 1. The van der Waals surface area contributed by atoms with Crippen LogP contribution in [-0.4, -0.2) is 21.2 Å². The van der Waals surface area contributed by atoms with Crippen molar-refractivity contribution in [2.24, 2.45) is 10.2 Å². The van der Waals surface area contributed by atoms with Crippen molar-refractivity contribution in [2.45, 2.75) is 13.8 Å². The minimum atomic E-state index is -1.02. The molecule has 3 aromatic rings. The Morgan fingerprint density at radius 2 is 1.91 bits per heavy atom. The molecular formula is C17H15N3O3. The van der Waals surface area contributed by atoms with Crippen molar-refractivity contribution in [3.05, 3.63) is 53.1 Å². The molecule has 3 N–H and O–H groups in total. The van der Waals surface area contributed by atoms with Crippen LogP contribution in [0.2, 0.25) is 0 Å². The second-order valence-corrected chi connectivity index (χ2v) is 5.31. The average Bonchev–Trinajstić information content (AvgIpc) is 2.85. The minimum absolute atomic E-state index is 0.0631. The standard InChI is InChI=1S/C17H15N3O3/c1-9-6-7-13-14(10(9)2)18-16(21)15(13)20-19-12-5-3-4-11(8-12)17(22)23/h3-8,18,21H,1-2H3,(H,22,23). The summed E-state index contributed by atoms with van der Waals surface area (Å²) in [5.74, 6) is -1.09. The van der Waals surface area contributed by atoms with E-state index in [-0.39, 0.29) is 11.4 Å². The monoisotopic (exact) mass is 309 g/mol. The summed E-state index contributed by atoms with van der Waals surface area (Å²) in [5.41, 5.74) is 3.83. The Morgan fingerprint density at radius 1 is 1.13 bits per heavy atom. The smallest absolute Gasteiger partial charge is 0.335 e. The summed E-state index contributed by atoms with van der Waals surface area (Å²) in [6.07, 6.45) is 0. The van der Waals surface area contributed by atoms with E-state index < -0.39 is 5.97 Å². The van der Waals surface area contributed by atoms with Gasteiger partial charge in [-0.05, 0) is 43.2 Å². The molecule has 23 heavy (non-hydrogen) atoms. The van der Waals surface area contributed by atoms with Gasteiger partial charge in [-0.15, -0.1) is 5.11 Å². The molecule has 0 saturated carbocycles. The van der Waals surface area contributed by atoms with Gasteiger partial charge < -0.3 is 15.2 Å². The van der Waals surface area contributed by atoms with Crippen molar-refractivity contribution in [3.8, 4) is 5.88 Å². The molecule has 3 rings (SSSR count). The minimum Gasteiger partial charge on any atom is -0.493 e. The fourth-order valence-electron chi connectivity index (χ4n) is 2.39. The van der Waals surface area contributed by atoms with Gasteiger partial charge in [0.05, 0.1) is 16.8 Å². The summed E-state index contributed by atoms with van der Waals surface area (Å²) in [5, 5.41) is 27.9. The number of hydrogen-bond donors (Lipinski definition) is 3. The lowest BCUT2D eigenvalue weighted by Gasteiger charge is -2.00. The van der Waals surface area contributed by atoms with E-state index in [0.29, 0.717) is 11.4 Å².